The number of carbonyl (C=O) groups excluding carboxylic acids is 2. The first-order valence-corrected chi connectivity index (χ1v) is 9.53. The summed E-state index contributed by atoms with van der Waals surface area (Å²) in [6.45, 7) is 5.37. The Hall–Kier alpha value is -3.34. The van der Waals surface area contributed by atoms with Crippen molar-refractivity contribution in [1.82, 2.24) is 4.90 Å². The van der Waals surface area contributed by atoms with Crippen LogP contribution in [0, 0.1) is 0 Å². The molecule has 0 atom stereocenters. The van der Waals surface area contributed by atoms with Gasteiger partial charge in [0, 0.05) is 35.4 Å². The van der Waals surface area contributed by atoms with Gasteiger partial charge in [0.15, 0.2) is 0 Å². The van der Waals surface area contributed by atoms with Crippen LogP contribution in [0.25, 0.3) is 10.8 Å². The highest BCUT2D eigenvalue weighted by Gasteiger charge is 2.13. The van der Waals surface area contributed by atoms with E-state index in [0.29, 0.717) is 18.7 Å². The predicted octanol–water partition coefficient (Wildman–Crippen LogP) is 4.37. The smallest absolute Gasteiger partial charge is 0.253 e. The Labute approximate surface area is 165 Å². The predicted molar refractivity (Wildman–Crippen MR) is 115 cm³/mol. The molecule has 5 nitrogen and oxygen atoms in total. The van der Waals surface area contributed by atoms with Crippen LogP contribution in [0.3, 0.4) is 0 Å². The van der Waals surface area contributed by atoms with Gasteiger partial charge in [-0.3, -0.25) is 9.59 Å². The average molecular weight is 375 g/mol. The van der Waals surface area contributed by atoms with Gasteiger partial charge in [0.25, 0.3) is 5.91 Å². The number of nitrogens with one attached hydrogen (secondary N) is 2. The summed E-state index contributed by atoms with van der Waals surface area (Å²) >= 11 is 0. The largest absolute Gasteiger partial charge is 0.376 e. The summed E-state index contributed by atoms with van der Waals surface area (Å²) < 4.78 is 0. The van der Waals surface area contributed by atoms with Crippen LogP contribution in [0.1, 0.15) is 24.2 Å². The first-order chi connectivity index (χ1) is 13.6. The fourth-order valence-electron chi connectivity index (χ4n) is 3.17. The molecule has 0 fully saturated rings. The number of amides is 2. The van der Waals surface area contributed by atoms with Gasteiger partial charge in [0.1, 0.15) is 0 Å². The van der Waals surface area contributed by atoms with Gasteiger partial charge in [-0.05, 0) is 43.5 Å². The third-order valence-electron chi connectivity index (χ3n) is 4.68. The second-order valence-electron chi connectivity index (χ2n) is 6.49. The average Bonchev–Trinajstić information content (AvgIpc) is 2.73. The van der Waals surface area contributed by atoms with Crippen molar-refractivity contribution >= 4 is 34.0 Å². The van der Waals surface area contributed by atoms with Crippen LogP contribution < -0.4 is 10.6 Å². The molecule has 3 aromatic carbocycles. The zero-order valence-electron chi connectivity index (χ0n) is 16.2. The van der Waals surface area contributed by atoms with E-state index in [1.165, 1.54) is 0 Å². The fourth-order valence-corrected chi connectivity index (χ4v) is 3.17. The lowest BCUT2D eigenvalue weighted by atomic mass is 10.1. The van der Waals surface area contributed by atoms with E-state index in [-0.39, 0.29) is 18.4 Å². The van der Waals surface area contributed by atoms with E-state index < -0.39 is 0 Å². The third kappa shape index (κ3) is 4.49. The summed E-state index contributed by atoms with van der Waals surface area (Å²) in [5.74, 6) is -0.148. The number of rotatable bonds is 7. The Balaban J connectivity index is 1.65. The van der Waals surface area contributed by atoms with Gasteiger partial charge < -0.3 is 15.5 Å². The van der Waals surface area contributed by atoms with Crippen LogP contribution in [0.5, 0.6) is 0 Å². The monoisotopic (exact) mass is 375 g/mol. The Morgan fingerprint density at radius 1 is 0.893 bits per heavy atom. The standard InChI is InChI=1S/C23H25N3O2/c1-3-26(4-2)23(28)18-11-7-12-19(15-18)24-16-22(27)25-21-14-8-10-17-9-5-6-13-20(17)21/h5-15,24H,3-4,16H2,1-2H3,(H,25,27). The molecule has 0 bridgehead atoms. The molecule has 0 spiro atoms. The summed E-state index contributed by atoms with van der Waals surface area (Å²) in [6.07, 6.45) is 0. The number of hydrogen-bond acceptors (Lipinski definition) is 3. The van der Waals surface area contributed by atoms with Gasteiger partial charge in [-0.2, -0.15) is 0 Å². The van der Waals surface area contributed by atoms with Gasteiger partial charge in [0.2, 0.25) is 5.91 Å². The van der Waals surface area contributed by atoms with Gasteiger partial charge >= 0.3 is 0 Å². The lowest BCUT2D eigenvalue weighted by molar-refractivity contribution is -0.114. The third-order valence-corrected chi connectivity index (χ3v) is 4.68. The lowest BCUT2D eigenvalue weighted by Crippen LogP contribution is -2.30. The number of anilines is 2. The molecule has 2 N–H and O–H groups in total. The number of nitrogens with zero attached hydrogens (tertiary/aromatic N) is 1. The molecule has 0 saturated carbocycles. The Bertz CT molecular complexity index is 975. The molecule has 0 unspecified atom stereocenters. The molecule has 144 valence electrons. The lowest BCUT2D eigenvalue weighted by Gasteiger charge is -2.19. The van der Waals surface area contributed by atoms with Gasteiger partial charge in [-0.25, -0.2) is 0 Å². The van der Waals surface area contributed by atoms with Crippen molar-refractivity contribution in [2.75, 3.05) is 30.3 Å². The van der Waals surface area contributed by atoms with Crippen molar-refractivity contribution in [3.63, 3.8) is 0 Å². The zero-order valence-corrected chi connectivity index (χ0v) is 16.2. The van der Waals surface area contributed by atoms with E-state index in [1.54, 1.807) is 17.0 Å². The van der Waals surface area contributed by atoms with Crippen LogP contribution in [0.4, 0.5) is 11.4 Å². The van der Waals surface area contributed by atoms with Gasteiger partial charge in [-0.1, -0.05) is 42.5 Å². The summed E-state index contributed by atoms with van der Waals surface area (Å²) in [6, 6.07) is 21.0. The molecule has 3 aromatic rings. The molecule has 0 heterocycles. The SMILES string of the molecule is CCN(CC)C(=O)c1cccc(NCC(=O)Nc2cccc3ccccc23)c1. The zero-order chi connectivity index (χ0) is 19.9. The minimum atomic E-state index is -0.142. The van der Waals surface area contributed by atoms with E-state index in [2.05, 4.69) is 10.6 Å². The van der Waals surface area contributed by atoms with Gasteiger partial charge in [-0.15, -0.1) is 0 Å². The highest BCUT2D eigenvalue weighted by molar-refractivity contribution is 6.03. The molecule has 2 amide bonds. The molecular formula is C23H25N3O2. The maximum Gasteiger partial charge on any atom is 0.253 e. The maximum absolute atomic E-state index is 12.5. The van der Waals surface area contributed by atoms with E-state index in [0.717, 1.165) is 22.1 Å². The number of benzene rings is 3. The van der Waals surface area contributed by atoms with Gasteiger partial charge in [0.05, 0.1) is 6.54 Å². The number of fused-ring (bicyclic) bond motifs is 1. The Morgan fingerprint density at radius 2 is 1.61 bits per heavy atom. The van der Waals surface area contributed by atoms with Crippen molar-refractivity contribution in [1.29, 1.82) is 0 Å². The van der Waals surface area contributed by atoms with Crippen LogP contribution in [0.15, 0.2) is 66.7 Å². The van der Waals surface area contributed by atoms with Crippen LogP contribution in [-0.2, 0) is 4.79 Å². The van der Waals surface area contributed by atoms with Crippen molar-refractivity contribution in [3.05, 3.63) is 72.3 Å². The Morgan fingerprint density at radius 3 is 2.39 bits per heavy atom. The first kappa shape index (κ1) is 19.4. The van der Waals surface area contributed by atoms with Crippen molar-refractivity contribution in [2.45, 2.75) is 13.8 Å². The van der Waals surface area contributed by atoms with Crippen LogP contribution >= 0.6 is 0 Å². The number of carbonyl (C=O) groups is 2. The molecule has 3 rings (SSSR count). The molecule has 28 heavy (non-hydrogen) atoms. The quantitative estimate of drug-likeness (QED) is 0.644. The van der Waals surface area contributed by atoms with Crippen LogP contribution in [-0.4, -0.2) is 36.3 Å². The molecule has 5 heteroatoms. The normalized spacial score (nSPS) is 10.5. The van der Waals surface area contributed by atoms with Crippen molar-refractivity contribution in [3.8, 4) is 0 Å². The molecule has 0 aliphatic heterocycles. The highest BCUT2D eigenvalue weighted by atomic mass is 16.2. The summed E-state index contributed by atoms with van der Waals surface area (Å²) in [5.41, 5.74) is 2.14. The second kappa shape index (κ2) is 9.04. The molecule has 0 saturated heterocycles. The maximum atomic E-state index is 12.5. The van der Waals surface area contributed by atoms with E-state index >= 15 is 0 Å². The summed E-state index contributed by atoms with van der Waals surface area (Å²) in [5, 5.41) is 8.14. The van der Waals surface area contributed by atoms with E-state index in [4.69, 9.17) is 0 Å². The molecule has 0 aliphatic carbocycles. The molecule has 0 radical (unpaired) electrons. The minimum absolute atomic E-state index is 0.00569. The minimum Gasteiger partial charge on any atom is -0.376 e. The van der Waals surface area contributed by atoms with Crippen molar-refractivity contribution < 1.29 is 9.59 Å². The fraction of sp³-hybridized carbons (Fsp3) is 0.217. The second-order valence-corrected chi connectivity index (χ2v) is 6.49. The topological polar surface area (TPSA) is 61.4 Å². The molecule has 0 aliphatic rings. The van der Waals surface area contributed by atoms with E-state index in [1.807, 2.05) is 68.4 Å². The Kier molecular flexibility index (Phi) is 6.27. The number of hydrogen-bond donors (Lipinski definition) is 2. The summed E-state index contributed by atoms with van der Waals surface area (Å²) in [7, 11) is 0. The first-order valence-electron chi connectivity index (χ1n) is 9.53. The molecular weight excluding hydrogens is 350 g/mol. The van der Waals surface area contributed by atoms with E-state index in [9.17, 15) is 9.59 Å². The molecule has 0 aromatic heterocycles. The summed E-state index contributed by atoms with van der Waals surface area (Å²) in [4.78, 5) is 26.7. The van der Waals surface area contributed by atoms with Crippen LogP contribution in [0.2, 0.25) is 0 Å². The highest BCUT2D eigenvalue weighted by Crippen LogP contribution is 2.22. The van der Waals surface area contributed by atoms with Crippen molar-refractivity contribution in [2.24, 2.45) is 0 Å².